The van der Waals surface area contributed by atoms with Crippen molar-refractivity contribution < 1.29 is 52.1 Å². The Labute approximate surface area is 455 Å². The van der Waals surface area contributed by atoms with Gasteiger partial charge in [-0.1, -0.05) is 108 Å². The lowest BCUT2D eigenvalue weighted by molar-refractivity contribution is -0.157. The fraction of sp³-hybridized carbons (Fsp3) is 0.576. The average molecular weight is 1090 g/mol. The molecule has 75 heavy (non-hydrogen) atoms. The normalized spacial score (nSPS) is 21.9. The molecule has 5 rings (SSSR count). The molecule has 0 radical (unpaired) electrons. The number of Topliss-reactive ketones (excluding diaryl/α,β-unsaturated/α-hetero) is 1. The molecule has 5 atom stereocenters. The second-order valence-electron chi connectivity index (χ2n) is 22.5. The van der Waals surface area contributed by atoms with Crippen LogP contribution in [-0.2, 0) is 49.2 Å². The smallest absolute Gasteiger partial charge is 0.457 e. The Bertz CT molecular complexity index is 2540. The van der Waals surface area contributed by atoms with Crippen LogP contribution in [-0.4, -0.2) is 72.6 Å². The topological polar surface area (TPSA) is 165 Å². The van der Waals surface area contributed by atoms with Crippen molar-refractivity contribution in [3.05, 3.63) is 94.0 Å². The Morgan fingerprint density at radius 3 is 2.28 bits per heavy atom. The molecule has 2 aliphatic rings. The van der Waals surface area contributed by atoms with E-state index in [4.69, 9.17) is 35.0 Å². The van der Waals surface area contributed by atoms with Crippen LogP contribution in [0.2, 0.25) is 23.2 Å². The van der Waals surface area contributed by atoms with Crippen molar-refractivity contribution in [2.45, 2.75) is 195 Å². The molecule has 0 saturated heterocycles. The van der Waals surface area contributed by atoms with Gasteiger partial charge in [-0.15, -0.1) is 17.9 Å². The molecule has 0 N–H and O–H groups in total. The van der Waals surface area contributed by atoms with Crippen LogP contribution >= 0.6 is 22.9 Å². The number of aromatic nitrogens is 1. The first-order valence-electron chi connectivity index (χ1n) is 26.8. The molecule has 0 fully saturated rings. The Hall–Kier alpha value is -4.96. The van der Waals surface area contributed by atoms with Gasteiger partial charge >= 0.3 is 18.1 Å². The summed E-state index contributed by atoms with van der Waals surface area (Å²) in [5.74, 6) is -2.28. The third-order valence-corrected chi connectivity index (χ3v) is 20.8. The van der Waals surface area contributed by atoms with E-state index < -0.39 is 62.5 Å². The number of ketones is 1. The van der Waals surface area contributed by atoms with Crippen LogP contribution in [0.5, 0.6) is 5.75 Å². The number of rotatable bonds is 20. The van der Waals surface area contributed by atoms with Crippen molar-refractivity contribution in [3.63, 3.8) is 0 Å². The summed E-state index contributed by atoms with van der Waals surface area (Å²) in [6, 6.07) is 10.6. The number of fused-ring (bicyclic) bond motifs is 1. The van der Waals surface area contributed by atoms with E-state index in [1.807, 2.05) is 25.1 Å². The standard InChI is InChI=1S/C59H81ClN2O11SSi/c1-12-22-44-55(73-75(10,11)58(5,6)7)40(3)24-21-23-39(2)26-29-47(43-28-31-49-46(36-43)61-41(4)74-49)70-54(66)37-50(59(8,9)56(44)67)72-57(68)69-38-42-27-30-48(45(60)35-42)71-53(65)25-19-17-15-13-14-16-18-20-34-62-51(63)32-33-52(62)64/h12,26-28,30-33,35-36,40,44,47,50,55H,1,13-25,29,34,37-38H2,2-11H3/b39-26-/t40-,44+,47-,50-,55-/m0/s1. The van der Waals surface area contributed by atoms with Gasteiger partial charge in [-0.25, -0.2) is 9.78 Å². The molecule has 0 saturated carbocycles. The molecule has 410 valence electrons. The van der Waals surface area contributed by atoms with Gasteiger partial charge in [-0.2, -0.15) is 0 Å². The molecule has 2 aliphatic heterocycles. The SMILES string of the molecule is C=CC[C@H]1C(=O)C(C)(C)[C@@H](OC(=O)OCc2ccc(OC(=O)CCCCCCCCCCN3C(=O)C=CC3=O)c(Cl)c2)CC(=O)O[C@H](c2ccc3sc(C)nc3c2)C/C=C(/C)CCC[C@H](C)[C@@H]1O[Si](C)(C)C(C)(C)C. The van der Waals surface area contributed by atoms with E-state index >= 15 is 4.79 Å². The number of esters is 2. The summed E-state index contributed by atoms with van der Waals surface area (Å²) in [5, 5.41) is 0.940. The fourth-order valence-electron chi connectivity index (χ4n) is 9.34. The molecule has 3 aromatic rings. The molecule has 16 heteroatoms. The Morgan fingerprint density at radius 2 is 1.63 bits per heavy atom. The van der Waals surface area contributed by atoms with Gasteiger partial charge < -0.3 is 23.4 Å². The second-order valence-corrected chi connectivity index (χ2v) is 28.9. The second kappa shape index (κ2) is 27.9. The van der Waals surface area contributed by atoms with E-state index in [2.05, 4.69) is 65.4 Å². The Balaban J connectivity index is 1.26. The predicted octanol–water partition coefficient (Wildman–Crippen LogP) is 14.6. The summed E-state index contributed by atoms with van der Waals surface area (Å²) in [6.07, 6.45) is 13.3. The van der Waals surface area contributed by atoms with Gasteiger partial charge in [0.25, 0.3) is 11.8 Å². The van der Waals surface area contributed by atoms with Crippen LogP contribution in [0.1, 0.15) is 167 Å². The number of imide groups is 1. The molecule has 0 aliphatic carbocycles. The Morgan fingerprint density at radius 1 is 0.960 bits per heavy atom. The first kappa shape index (κ1) is 60.9. The number of hydrogen-bond donors (Lipinski definition) is 0. The van der Waals surface area contributed by atoms with Gasteiger partial charge in [0.05, 0.1) is 38.2 Å². The summed E-state index contributed by atoms with van der Waals surface area (Å²) < 4.78 is 31.8. The highest BCUT2D eigenvalue weighted by molar-refractivity contribution is 7.18. The number of aryl methyl sites for hydroxylation is 1. The Kier molecular flexibility index (Phi) is 22.6. The van der Waals surface area contributed by atoms with Gasteiger partial charge in [0, 0.05) is 37.5 Å². The van der Waals surface area contributed by atoms with E-state index in [0.29, 0.717) is 31.4 Å². The quantitative estimate of drug-likeness (QED) is 0.0263. The summed E-state index contributed by atoms with van der Waals surface area (Å²) in [7, 11) is -2.44. The van der Waals surface area contributed by atoms with E-state index in [1.165, 1.54) is 23.1 Å². The van der Waals surface area contributed by atoms with Crippen molar-refractivity contribution in [2.75, 3.05) is 6.54 Å². The summed E-state index contributed by atoms with van der Waals surface area (Å²) in [6.45, 7) is 24.7. The number of ether oxygens (including phenoxy) is 4. The van der Waals surface area contributed by atoms with Crippen molar-refractivity contribution in [1.82, 2.24) is 9.88 Å². The molecule has 1 aromatic heterocycles. The van der Waals surface area contributed by atoms with Crippen LogP contribution in [0.25, 0.3) is 10.2 Å². The first-order valence-corrected chi connectivity index (χ1v) is 30.9. The summed E-state index contributed by atoms with van der Waals surface area (Å²) in [4.78, 5) is 85.6. The molecule has 0 unspecified atom stereocenters. The average Bonchev–Trinajstić information content (AvgIpc) is 3.88. The number of carbonyl (C=O) groups is 6. The van der Waals surface area contributed by atoms with Crippen molar-refractivity contribution in [2.24, 2.45) is 17.3 Å². The van der Waals surface area contributed by atoms with E-state index in [9.17, 15) is 24.0 Å². The number of carbonyl (C=O) groups excluding carboxylic acids is 6. The monoisotopic (exact) mass is 1090 g/mol. The maximum atomic E-state index is 15.3. The third kappa shape index (κ3) is 17.8. The van der Waals surface area contributed by atoms with Crippen LogP contribution in [0.4, 0.5) is 4.79 Å². The number of unbranched alkanes of at least 4 members (excludes halogenated alkanes) is 7. The van der Waals surface area contributed by atoms with Gasteiger partial charge in [-0.05, 0) is 126 Å². The number of cyclic esters (lactones) is 1. The van der Waals surface area contributed by atoms with E-state index in [-0.39, 0.29) is 52.4 Å². The number of hydrogen-bond acceptors (Lipinski definition) is 13. The highest BCUT2D eigenvalue weighted by atomic mass is 35.5. The van der Waals surface area contributed by atoms with Gasteiger partial charge in [-0.3, -0.25) is 28.9 Å². The number of halogens is 1. The molecular formula is C59H81ClN2O11SSi. The minimum atomic E-state index is -2.44. The molecule has 0 spiro atoms. The minimum absolute atomic E-state index is 0.0147. The van der Waals surface area contributed by atoms with Crippen LogP contribution in [0, 0.1) is 24.2 Å². The highest BCUT2D eigenvalue weighted by Gasteiger charge is 2.49. The zero-order chi connectivity index (χ0) is 55.1. The van der Waals surface area contributed by atoms with Gasteiger partial charge in [0.2, 0.25) is 0 Å². The largest absolute Gasteiger partial charge is 0.508 e. The van der Waals surface area contributed by atoms with Gasteiger partial charge in [0.15, 0.2) is 8.32 Å². The summed E-state index contributed by atoms with van der Waals surface area (Å²) >= 11 is 8.16. The van der Waals surface area contributed by atoms with Crippen molar-refractivity contribution >= 4 is 77.2 Å². The highest BCUT2D eigenvalue weighted by Crippen LogP contribution is 2.43. The maximum Gasteiger partial charge on any atom is 0.508 e. The van der Waals surface area contributed by atoms with Crippen LogP contribution < -0.4 is 4.74 Å². The van der Waals surface area contributed by atoms with Crippen molar-refractivity contribution in [1.29, 1.82) is 0 Å². The number of benzene rings is 2. The molecule has 2 amide bonds. The molecular weight excluding hydrogens is 1010 g/mol. The van der Waals surface area contributed by atoms with E-state index in [0.717, 1.165) is 90.6 Å². The van der Waals surface area contributed by atoms with Crippen molar-refractivity contribution in [3.8, 4) is 5.75 Å². The zero-order valence-corrected chi connectivity index (χ0v) is 48.6. The maximum absolute atomic E-state index is 15.3. The molecule has 3 heterocycles. The number of amides is 2. The van der Waals surface area contributed by atoms with Crippen LogP contribution in [0.3, 0.4) is 0 Å². The van der Waals surface area contributed by atoms with Gasteiger partial charge in [0.1, 0.15) is 30.3 Å². The zero-order valence-electron chi connectivity index (χ0n) is 46.1. The molecule has 0 bridgehead atoms. The first-order chi connectivity index (χ1) is 35.4. The summed E-state index contributed by atoms with van der Waals surface area (Å²) in [5.41, 5.74) is 1.81. The molecule has 13 nitrogen and oxygen atoms in total. The van der Waals surface area contributed by atoms with Crippen LogP contribution in [0.15, 0.2) is 72.9 Å². The number of nitrogens with zero attached hydrogens (tertiary/aromatic N) is 2. The lowest BCUT2D eigenvalue weighted by atomic mass is 9.71. The van der Waals surface area contributed by atoms with E-state index in [1.54, 1.807) is 43.4 Å². The molecule has 2 aromatic carbocycles. The third-order valence-electron chi connectivity index (χ3n) is 15.0. The lowest BCUT2D eigenvalue weighted by Gasteiger charge is -2.45. The fourth-order valence-corrected chi connectivity index (χ4v) is 11.8. The predicted molar refractivity (Wildman–Crippen MR) is 298 cm³/mol. The lowest BCUT2D eigenvalue weighted by Crippen LogP contribution is -2.52. The number of thiazole rings is 1. The number of allylic oxidation sites excluding steroid dienone is 2. The minimum Gasteiger partial charge on any atom is -0.457 e.